The minimum absolute atomic E-state index is 0.0408. The van der Waals surface area contributed by atoms with Crippen LogP contribution in [0.3, 0.4) is 0 Å². The van der Waals surface area contributed by atoms with Gasteiger partial charge in [0.05, 0.1) is 25.0 Å². The van der Waals surface area contributed by atoms with Crippen molar-refractivity contribution in [2.45, 2.75) is 12.5 Å². The average Bonchev–Trinajstić information content (AvgIpc) is 2.39. The van der Waals surface area contributed by atoms with Crippen LogP contribution in [0.25, 0.3) is 0 Å². The van der Waals surface area contributed by atoms with Crippen molar-refractivity contribution in [2.75, 3.05) is 25.6 Å². The number of aromatic hydroxyl groups is 1. The highest BCUT2D eigenvalue weighted by Crippen LogP contribution is 2.14. The number of amides is 1. The van der Waals surface area contributed by atoms with Gasteiger partial charge in [0.2, 0.25) is 5.91 Å². The molecule has 0 bridgehead atoms. The Morgan fingerprint density at radius 2 is 2.39 bits per heavy atom. The molecule has 5 heteroatoms. The second kappa shape index (κ2) is 6.07. The maximum absolute atomic E-state index is 12.1. The second-order valence-electron chi connectivity index (χ2n) is 4.33. The fourth-order valence-electron chi connectivity index (χ4n) is 1.99. The first-order valence-corrected chi connectivity index (χ1v) is 6.45. The molecule has 98 valence electrons. The number of carbonyl (C=O) groups excluding carboxylic acids is 1. The van der Waals surface area contributed by atoms with Crippen molar-refractivity contribution in [3.05, 3.63) is 29.8 Å². The van der Waals surface area contributed by atoms with Gasteiger partial charge < -0.3 is 14.7 Å². The largest absolute Gasteiger partial charge is 0.508 e. The van der Waals surface area contributed by atoms with Crippen LogP contribution in [0, 0.1) is 0 Å². The Balaban J connectivity index is 1.95. The number of hydrogen-bond donors (Lipinski definition) is 1. The van der Waals surface area contributed by atoms with Crippen LogP contribution in [0.2, 0.25) is 0 Å². The molecular formula is C13H16ClNO3. The number of phenols is 1. The van der Waals surface area contributed by atoms with Crippen molar-refractivity contribution >= 4 is 17.5 Å². The zero-order chi connectivity index (χ0) is 13.0. The maximum Gasteiger partial charge on any atom is 0.227 e. The summed E-state index contributed by atoms with van der Waals surface area (Å²) in [6, 6.07) is 6.76. The molecule has 0 aromatic heterocycles. The minimum atomic E-state index is -0.0754. The van der Waals surface area contributed by atoms with Gasteiger partial charge in [-0.05, 0) is 17.7 Å². The molecule has 0 radical (unpaired) electrons. The summed E-state index contributed by atoms with van der Waals surface area (Å²) in [6.45, 7) is 1.68. The van der Waals surface area contributed by atoms with Crippen molar-refractivity contribution in [1.82, 2.24) is 4.90 Å². The molecule has 4 nitrogen and oxygen atoms in total. The van der Waals surface area contributed by atoms with Gasteiger partial charge in [-0.25, -0.2) is 0 Å². The number of rotatable bonds is 3. The van der Waals surface area contributed by atoms with Crippen LogP contribution in [0.15, 0.2) is 24.3 Å². The summed E-state index contributed by atoms with van der Waals surface area (Å²) in [6.07, 6.45) is 0.220. The van der Waals surface area contributed by atoms with E-state index in [0.717, 1.165) is 5.56 Å². The fraction of sp³-hybridized carbons (Fsp3) is 0.462. The fourth-order valence-corrected chi connectivity index (χ4v) is 2.18. The van der Waals surface area contributed by atoms with Crippen LogP contribution in [-0.4, -0.2) is 47.6 Å². The summed E-state index contributed by atoms with van der Waals surface area (Å²) in [7, 11) is 0. The average molecular weight is 270 g/mol. The molecule has 1 atom stereocenters. The lowest BCUT2D eigenvalue weighted by molar-refractivity contribution is -0.137. The smallest absolute Gasteiger partial charge is 0.227 e. The highest BCUT2D eigenvalue weighted by Gasteiger charge is 2.23. The molecule has 2 rings (SSSR count). The third-order valence-electron chi connectivity index (χ3n) is 2.93. The molecule has 1 saturated heterocycles. The van der Waals surface area contributed by atoms with Crippen molar-refractivity contribution in [3.8, 4) is 5.75 Å². The van der Waals surface area contributed by atoms with Crippen LogP contribution >= 0.6 is 11.6 Å². The molecule has 0 aliphatic carbocycles. The monoisotopic (exact) mass is 269 g/mol. The van der Waals surface area contributed by atoms with E-state index in [4.69, 9.17) is 16.3 Å². The standard InChI is InChI=1S/C13H16ClNO3/c14-8-12-9-15(4-5-18-12)13(17)7-10-2-1-3-11(16)6-10/h1-3,6,12,16H,4-5,7-9H2. The van der Waals surface area contributed by atoms with Crippen LogP contribution in [0.5, 0.6) is 5.75 Å². The third kappa shape index (κ3) is 3.37. The Morgan fingerprint density at radius 3 is 3.11 bits per heavy atom. The summed E-state index contributed by atoms with van der Waals surface area (Å²) < 4.78 is 5.41. The molecule has 1 aliphatic rings. The summed E-state index contributed by atoms with van der Waals surface area (Å²) in [4.78, 5) is 13.9. The van der Waals surface area contributed by atoms with Gasteiger partial charge in [-0.15, -0.1) is 11.6 Å². The molecule has 1 amide bonds. The number of halogens is 1. The predicted molar refractivity (Wildman–Crippen MR) is 68.9 cm³/mol. The molecule has 1 fully saturated rings. The van der Waals surface area contributed by atoms with E-state index in [2.05, 4.69) is 0 Å². The first kappa shape index (κ1) is 13.2. The lowest BCUT2D eigenvalue weighted by Gasteiger charge is -2.32. The van der Waals surface area contributed by atoms with Gasteiger partial charge in [-0.2, -0.15) is 0 Å². The van der Waals surface area contributed by atoms with Crippen molar-refractivity contribution < 1.29 is 14.6 Å². The van der Waals surface area contributed by atoms with Crippen molar-refractivity contribution in [3.63, 3.8) is 0 Å². The topological polar surface area (TPSA) is 49.8 Å². The molecule has 1 heterocycles. The second-order valence-corrected chi connectivity index (χ2v) is 4.64. The SMILES string of the molecule is O=C(Cc1cccc(O)c1)N1CCOC(CCl)C1. The molecule has 1 unspecified atom stereocenters. The van der Waals surface area contributed by atoms with Crippen LogP contribution in [-0.2, 0) is 16.0 Å². The van der Waals surface area contributed by atoms with E-state index >= 15 is 0 Å². The number of nitrogens with zero attached hydrogens (tertiary/aromatic N) is 1. The maximum atomic E-state index is 12.1. The van der Waals surface area contributed by atoms with Gasteiger partial charge in [-0.1, -0.05) is 12.1 Å². The van der Waals surface area contributed by atoms with Crippen LogP contribution in [0.4, 0.5) is 0 Å². The molecule has 1 aliphatic heterocycles. The first-order chi connectivity index (χ1) is 8.69. The van der Waals surface area contributed by atoms with Crippen molar-refractivity contribution in [2.24, 2.45) is 0 Å². The van der Waals surface area contributed by atoms with E-state index in [1.165, 1.54) is 0 Å². The predicted octanol–water partition coefficient (Wildman–Crippen LogP) is 1.40. The number of hydrogen-bond acceptors (Lipinski definition) is 3. The number of carbonyl (C=O) groups is 1. The number of benzene rings is 1. The number of ether oxygens (including phenoxy) is 1. The van der Waals surface area contributed by atoms with Gasteiger partial charge in [-0.3, -0.25) is 4.79 Å². The first-order valence-electron chi connectivity index (χ1n) is 5.92. The number of phenolic OH excluding ortho intramolecular Hbond substituents is 1. The van der Waals surface area contributed by atoms with Crippen molar-refractivity contribution in [1.29, 1.82) is 0 Å². The summed E-state index contributed by atoms with van der Waals surface area (Å²) in [5, 5.41) is 9.35. The van der Waals surface area contributed by atoms with Gasteiger partial charge in [0.1, 0.15) is 5.75 Å². The molecular weight excluding hydrogens is 254 g/mol. The number of alkyl halides is 1. The lowest BCUT2D eigenvalue weighted by Crippen LogP contribution is -2.46. The quantitative estimate of drug-likeness (QED) is 0.844. The molecule has 0 spiro atoms. The van der Waals surface area contributed by atoms with Gasteiger partial charge >= 0.3 is 0 Å². The van der Waals surface area contributed by atoms with Gasteiger partial charge in [0.25, 0.3) is 0 Å². The highest BCUT2D eigenvalue weighted by molar-refractivity contribution is 6.18. The van der Waals surface area contributed by atoms with E-state index in [0.29, 0.717) is 32.0 Å². The molecule has 1 aromatic carbocycles. The Bertz CT molecular complexity index is 424. The van der Waals surface area contributed by atoms with Crippen LogP contribution < -0.4 is 0 Å². The highest BCUT2D eigenvalue weighted by atomic mass is 35.5. The van der Waals surface area contributed by atoms with E-state index in [1.807, 2.05) is 6.07 Å². The summed E-state index contributed by atoms with van der Waals surface area (Å²) in [5.41, 5.74) is 0.814. The lowest BCUT2D eigenvalue weighted by atomic mass is 10.1. The Kier molecular flexibility index (Phi) is 4.44. The third-order valence-corrected chi connectivity index (χ3v) is 3.27. The van der Waals surface area contributed by atoms with Gasteiger partial charge in [0.15, 0.2) is 0 Å². The molecule has 18 heavy (non-hydrogen) atoms. The van der Waals surface area contributed by atoms with E-state index in [-0.39, 0.29) is 17.8 Å². The Labute approximate surface area is 111 Å². The Hall–Kier alpha value is -1.26. The summed E-state index contributed by atoms with van der Waals surface area (Å²) in [5.74, 6) is 0.621. The molecule has 1 N–H and O–H groups in total. The Morgan fingerprint density at radius 1 is 1.56 bits per heavy atom. The van der Waals surface area contributed by atoms with E-state index in [1.54, 1.807) is 23.1 Å². The zero-order valence-electron chi connectivity index (χ0n) is 10.0. The normalized spacial score (nSPS) is 19.8. The molecule has 0 saturated carbocycles. The van der Waals surface area contributed by atoms with E-state index in [9.17, 15) is 9.90 Å². The number of morpholine rings is 1. The van der Waals surface area contributed by atoms with Gasteiger partial charge in [0, 0.05) is 13.1 Å². The minimum Gasteiger partial charge on any atom is -0.508 e. The van der Waals surface area contributed by atoms with E-state index < -0.39 is 0 Å². The zero-order valence-corrected chi connectivity index (χ0v) is 10.8. The molecule has 1 aromatic rings. The summed E-state index contributed by atoms with van der Waals surface area (Å²) >= 11 is 5.74. The van der Waals surface area contributed by atoms with Crippen LogP contribution in [0.1, 0.15) is 5.56 Å².